The van der Waals surface area contributed by atoms with Gasteiger partial charge in [-0.05, 0) is 22.3 Å². The number of nitrogens with one attached hydrogen (secondary N) is 1. The van der Waals surface area contributed by atoms with Gasteiger partial charge in [0.15, 0.2) is 0 Å². The van der Waals surface area contributed by atoms with Gasteiger partial charge in [-0.15, -0.1) is 5.10 Å². The van der Waals surface area contributed by atoms with E-state index < -0.39 is 17.2 Å². The molecule has 0 radical (unpaired) electrons. The predicted octanol–water partition coefficient (Wildman–Crippen LogP) is 0.641. The minimum Gasteiger partial charge on any atom is -0.351 e. The highest BCUT2D eigenvalue weighted by Gasteiger charge is 2.27. The standard InChI is InChI=1S/C11H20N6O2S/c1-6(2)5-17-11(14-15-16-17)20-8(7(3)4)9(18)13-10(12)19/h6-8H,5H2,1-4H3,(H3,12,13,18,19). The number of imide groups is 1. The van der Waals surface area contributed by atoms with Gasteiger partial charge in [-0.1, -0.05) is 39.5 Å². The van der Waals surface area contributed by atoms with Crippen LogP contribution in [0.25, 0.3) is 0 Å². The number of rotatable bonds is 6. The van der Waals surface area contributed by atoms with Crippen molar-refractivity contribution >= 4 is 23.7 Å². The van der Waals surface area contributed by atoms with E-state index in [0.717, 1.165) is 0 Å². The summed E-state index contributed by atoms with van der Waals surface area (Å²) in [6.07, 6.45) is 0. The number of primary amides is 1. The molecular weight excluding hydrogens is 280 g/mol. The van der Waals surface area contributed by atoms with E-state index in [-0.39, 0.29) is 5.92 Å². The molecule has 112 valence electrons. The molecule has 1 aromatic rings. The minimum absolute atomic E-state index is 0.00329. The number of urea groups is 1. The van der Waals surface area contributed by atoms with E-state index in [1.807, 2.05) is 13.8 Å². The van der Waals surface area contributed by atoms with Crippen molar-refractivity contribution in [2.24, 2.45) is 17.6 Å². The molecule has 0 fully saturated rings. The molecule has 3 N–H and O–H groups in total. The van der Waals surface area contributed by atoms with Gasteiger partial charge in [0.25, 0.3) is 0 Å². The minimum atomic E-state index is -0.858. The van der Waals surface area contributed by atoms with Crippen molar-refractivity contribution in [2.45, 2.75) is 44.6 Å². The van der Waals surface area contributed by atoms with Crippen LogP contribution in [0.3, 0.4) is 0 Å². The number of nitrogens with two attached hydrogens (primary N) is 1. The molecule has 0 aromatic carbocycles. The summed E-state index contributed by atoms with van der Waals surface area (Å²) in [5.41, 5.74) is 4.97. The number of carbonyl (C=O) groups excluding carboxylic acids is 2. The molecular formula is C11H20N6O2S. The van der Waals surface area contributed by atoms with Crippen molar-refractivity contribution in [3.63, 3.8) is 0 Å². The Balaban J connectivity index is 2.83. The maximum absolute atomic E-state index is 11.9. The highest BCUT2D eigenvalue weighted by Crippen LogP contribution is 2.26. The van der Waals surface area contributed by atoms with Crippen LogP contribution in [0.5, 0.6) is 0 Å². The largest absolute Gasteiger partial charge is 0.351 e. The Kier molecular flexibility index (Phi) is 5.93. The predicted molar refractivity (Wildman–Crippen MR) is 74.9 cm³/mol. The molecule has 0 saturated heterocycles. The first-order valence-corrected chi connectivity index (χ1v) is 7.22. The Bertz CT molecular complexity index is 473. The molecule has 0 aliphatic carbocycles. The van der Waals surface area contributed by atoms with E-state index in [2.05, 4.69) is 34.7 Å². The molecule has 20 heavy (non-hydrogen) atoms. The normalized spacial score (nSPS) is 12.7. The highest BCUT2D eigenvalue weighted by molar-refractivity contribution is 8.00. The van der Waals surface area contributed by atoms with E-state index in [0.29, 0.717) is 17.6 Å². The Morgan fingerprint density at radius 3 is 2.50 bits per heavy atom. The topological polar surface area (TPSA) is 116 Å². The summed E-state index contributed by atoms with van der Waals surface area (Å²) in [4.78, 5) is 22.7. The first-order chi connectivity index (χ1) is 9.31. The van der Waals surface area contributed by atoms with Crippen LogP contribution < -0.4 is 11.1 Å². The average molecular weight is 300 g/mol. The van der Waals surface area contributed by atoms with Crippen LogP contribution in [-0.2, 0) is 11.3 Å². The van der Waals surface area contributed by atoms with Crippen LogP contribution in [-0.4, -0.2) is 37.4 Å². The SMILES string of the molecule is CC(C)Cn1nnnc1SC(C(=O)NC(N)=O)C(C)C. The molecule has 0 aliphatic heterocycles. The van der Waals surface area contributed by atoms with E-state index in [1.54, 1.807) is 4.68 Å². The van der Waals surface area contributed by atoms with Crippen LogP contribution in [0.4, 0.5) is 4.79 Å². The quantitative estimate of drug-likeness (QED) is 0.745. The summed E-state index contributed by atoms with van der Waals surface area (Å²) in [6, 6.07) is -0.858. The lowest BCUT2D eigenvalue weighted by Gasteiger charge is -2.18. The van der Waals surface area contributed by atoms with Crippen molar-refractivity contribution < 1.29 is 9.59 Å². The van der Waals surface area contributed by atoms with Crippen LogP contribution >= 0.6 is 11.8 Å². The molecule has 9 heteroatoms. The summed E-state index contributed by atoms with van der Waals surface area (Å²) in [5.74, 6) is -0.0463. The van der Waals surface area contributed by atoms with Crippen molar-refractivity contribution in [1.82, 2.24) is 25.5 Å². The number of amides is 3. The first kappa shape index (κ1) is 16.4. The van der Waals surface area contributed by atoms with Gasteiger partial charge < -0.3 is 5.73 Å². The second kappa shape index (κ2) is 7.22. The number of carbonyl (C=O) groups is 2. The third-order valence-corrected chi connectivity index (χ3v) is 3.90. The Morgan fingerprint density at radius 2 is 2.00 bits per heavy atom. The fraction of sp³-hybridized carbons (Fsp3) is 0.727. The van der Waals surface area contributed by atoms with Gasteiger partial charge in [0, 0.05) is 6.54 Å². The monoisotopic (exact) mass is 300 g/mol. The fourth-order valence-corrected chi connectivity index (χ4v) is 2.52. The molecule has 0 bridgehead atoms. The molecule has 1 atom stereocenters. The van der Waals surface area contributed by atoms with Gasteiger partial charge in [0.1, 0.15) is 0 Å². The average Bonchev–Trinajstić information content (AvgIpc) is 2.70. The lowest BCUT2D eigenvalue weighted by atomic mass is 10.1. The van der Waals surface area contributed by atoms with Crippen molar-refractivity contribution in [3.8, 4) is 0 Å². The first-order valence-electron chi connectivity index (χ1n) is 6.34. The van der Waals surface area contributed by atoms with Crippen LogP contribution in [0.15, 0.2) is 5.16 Å². The molecule has 3 amide bonds. The van der Waals surface area contributed by atoms with Gasteiger partial charge in [0.2, 0.25) is 11.1 Å². The number of tetrazole rings is 1. The Labute approximate surface area is 121 Å². The molecule has 1 aromatic heterocycles. The van der Waals surface area contributed by atoms with E-state index >= 15 is 0 Å². The summed E-state index contributed by atoms with van der Waals surface area (Å²) >= 11 is 1.23. The van der Waals surface area contributed by atoms with Crippen LogP contribution in [0.2, 0.25) is 0 Å². The zero-order valence-corrected chi connectivity index (χ0v) is 12.8. The number of nitrogens with zero attached hydrogens (tertiary/aromatic N) is 4. The second-order valence-corrected chi connectivity index (χ2v) is 6.28. The fourth-order valence-electron chi connectivity index (χ4n) is 1.54. The van der Waals surface area contributed by atoms with E-state index in [1.165, 1.54) is 11.8 Å². The molecule has 1 unspecified atom stereocenters. The molecule has 0 spiro atoms. The van der Waals surface area contributed by atoms with Gasteiger partial charge in [-0.25, -0.2) is 9.48 Å². The molecule has 8 nitrogen and oxygen atoms in total. The summed E-state index contributed by atoms with van der Waals surface area (Å²) in [5, 5.41) is 13.6. The second-order valence-electron chi connectivity index (χ2n) is 5.17. The van der Waals surface area contributed by atoms with Crippen molar-refractivity contribution in [2.75, 3.05) is 0 Å². The lowest BCUT2D eigenvalue weighted by molar-refractivity contribution is -0.120. The molecule has 0 aliphatic rings. The Hall–Kier alpha value is -1.64. The lowest BCUT2D eigenvalue weighted by Crippen LogP contribution is -2.42. The summed E-state index contributed by atoms with van der Waals surface area (Å²) in [6.45, 7) is 8.53. The van der Waals surface area contributed by atoms with Gasteiger partial charge in [-0.3, -0.25) is 10.1 Å². The Morgan fingerprint density at radius 1 is 1.35 bits per heavy atom. The van der Waals surface area contributed by atoms with Crippen LogP contribution in [0, 0.1) is 11.8 Å². The van der Waals surface area contributed by atoms with Crippen molar-refractivity contribution in [1.29, 1.82) is 0 Å². The summed E-state index contributed by atoms with van der Waals surface area (Å²) in [7, 11) is 0. The van der Waals surface area contributed by atoms with Gasteiger partial charge >= 0.3 is 6.03 Å². The highest BCUT2D eigenvalue weighted by atomic mass is 32.2. The number of aromatic nitrogens is 4. The smallest absolute Gasteiger partial charge is 0.318 e. The maximum atomic E-state index is 11.9. The molecule has 1 heterocycles. The third-order valence-electron chi connectivity index (χ3n) is 2.38. The van der Waals surface area contributed by atoms with Gasteiger partial charge in [0.05, 0.1) is 5.25 Å². The van der Waals surface area contributed by atoms with E-state index in [9.17, 15) is 9.59 Å². The zero-order chi connectivity index (χ0) is 15.3. The third kappa shape index (κ3) is 4.80. The molecule has 0 saturated carbocycles. The number of hydrogen-bond acceptors (Lipinski definition) is 6. The number of thioether (sulfide) groups is 1. The zero-order valence-electron chi connectivity index (χ0n) is 12.0. The van der Waals surface area contributed by atoms with Gasteiger partial charge in [-0.2, -0.15) is 0 Å². The van der Waals surface area contributed by atoms with E-state index in [4.69, 9.17) is 5.73 Å². The summed E-state index contributed by atoms with van der Waals surface area (Å²) < 4.78 is 1.66. The number of hydrogen-bond donors (Lipinski definition) is 2. The van der Waals surface area contributed by atoms with Crippen LogP contribution in [0.1, 0.15) is 27.7 Å². The van der Waals surface area contributed by atoms with Crippen molar-refractivity contribution in [3.05, 3.63) is 0 Å². The molecule has 1 rings (SSSR count). The maximum Gasteiger partial charge on any atom is 0.318 e.